The van der Waals surface area contributed by atoms with E-state index in [-0.39, 0.29) is 11.4 Å². The normalized spacial score (nSPS) is 11.4. The van der Waals surface area contributed by atoms with Crippen molar-refractivity contribution in [2.24, 2.45) is 12.8 Å². The van der Waals surface area contributed by atoms with Crippen molar-refractivity contribution in [3.63, 3.8) is 0 Å². The number of carbonyl (C=O) groups excluding carboxylic acids is 1. The number of halogens is 1. The maximum atomic E-state index is 13.4. The SMILES string of the molecule is Cn1nc(-c2cnc3[nH]cc(C(N)=O)c3n2)c2ccc(F)cc21. The fraction of sp³-hybridized carbons (Fsp3) is 0.0667. The molecule has 4 rings (SSSR count). The lowest BCUT2D eigenvalue weighted by Crippen LogP contribution is -2.10. The number of nitrogens with two attached hydrogens (primary N) is 1. The molecule has 0 aliphatic heterocycles. The molecule has 0 radical (unpaired) electrons. The van der Waals surface area contributed by atoms with E-state index in [1.807, 2.05) is 0 Å². The number of hydrogen-bond acceptors (Lipinski definition) is 4. The molecule has 0 aliphatic rings. The summed E-state index contributed by atoms with van der Waals surface area (Å²) < 4.78 is 15.0. The molecular weight excluding hydrogens is 299 g/mol. The molecule has 8 heteroatoms. The number of H-pyrrole nitrogens is 1. The third-order valence-electron chi connectivity index (χ3n) is 3.70. The first-order valence-corrected chi connectivity index (χ1v) is 6.81. The summed E-state index contributed by atoms with van der Waals surface area (Å²) in [6, 6.07) is 4.42. The number of aromatic amines is 1. The number of amides is 1. The first-order chi connectivity index (χ1) is 11.0. The average Bonchev–Trinajstić information content (AvgIpc) is 3.08. The highest BCUT2D eigenvalue weighted by Crippen LogP contribution is 2.27. The number of carbonyl (C=O) groups is 1. The molecule has 0 unspecified atom stereocenters. The van der Waals surface area contributed by atoms with Crippen LogP contribution < -0.4 is 5.73 Å². The number of nitrogens with one attached hydrogen (secondary N) is 1. The number of fused-ring (bicyclic) bond motifs is 2. The number of aromatic nitrogens is 5. The van der Waals surface area contributed by atoms with E-state index in [9.17, 15) is 9.18 Å². The van der Waals surface area contributed by atoms with E-state index < -0.39 is 5.91 Å². The van der Waals surface area contributed by atoms with Gasteiger partial charge in [0, 0.05) is 18.6 Å². The number of nitrogens with zero attached hydrogens (tertiary/aromatic N) is 4. The van der Waals surface area contributed by atoms with Crippen LogP contribution in [0.4, 0.5) is 4.39 Å². The molecule has 1 amide bonds. The predicted molar refractivity (Wildman–Crippen MR) is 82.1 cm³/mol. The highest BCUT2D eigenvalue weighted by molar-refractivity contribution is 6.04. The van der Waals surface area contributed by atoms with Crippen LogP contribution in [0.25, 0.3) is 33.5 Å². The van der Waals surface area contributed by atoms with Gasteiger partial charge in [-0.05, 0) is 18.2 Å². The summed E-state index contributed by atoms with van der Waals surface area (Å²) in [6.45, 7) is 0. The zero-order valence-corrected chi connectivity index (χ0v) is 12.0. The molecule has 0 fully saturated rings. The average molecular weight is 310 g/mol. The van der Waals surface area contributed by atoms with Gasteiger partial charge in [-0.2, -0.15) is 5.10 Å². The van der Waals surface area contributed by atoms with Gasteiger partial charge < -0.3 is 10.7 Å². The van der Waals surface area contributed by atoms with Gasteiger partial charge in [0.15, 0.2) is 5.65 Å². The van der Waals surface area contributed by atoms with Crippen molar-refractivity contribution in [3.05, 3.63) is 42.0 Å². The number of benzene rings is 1. The van der Waals surface area contributed by atoms with Crippen LogP contribution in [0.3, 0.4) is 0 Å². The maximum absolute atomic E-state index is 13.4. The molecule has 23 heavy (non-hydrogen) atoms. The first-order valence-electron chi connectivity index (χ1n) is 6.81. The molecule has 3 aromatic heterocycles. The molecule has 3 heterocycles. The number of rotatable bonds is 2. The Morgan fingerprint density at radius 1 is 1.39 bits per heavy atom. The standard InChI is InChI=1S/C15H11FN6O/c1-22-11-4-7(16)2-3-8(11)12(21-22)10-6-19-15-13(20-10)9(5-18-15)14(17)23/h2-6H,1H3,(H2,17,23)(H,18,19). The number of hydrogen-bond donors (Lipinski definition) is 2. The highest BCUT2D eigenvalue weighted by atomic mass is 19.1. The Balaban J connectivity index is 1.99. The molecule has 7 nitrogen and oxygen atoms in total. The van der Waals surface area contributed by atoms with Gasteiger partial charge >= 0.3 is 0 Å². The molecule has 0 spiro atoms. The van der Waals surface area contributed by atoms with E-state index in [1.54, 1.807) is 24.0 Å². The van der Waals surface area contributed by atoms with Crippen molar-refractivity contribution in [1.82, 2.24) is 24.7 Å². The van der Waals surface area contributed by atoms with Crippen LogP contribution in [0.15, 0.2) is 30.6 Å². The van der Waals surface area contributed by atoms with Crippen LogP contribution in [-0.4, -0.2) is 30.6 Å². The Hall–Kier alpha value is -3.29. The van der Waals surface area contributed by atoms with E-state index in [2.05, 4.69) is 20.1 Å². The van der Waals surface area contributed by atoms with Gasteiger partial charge in [-0.3, -0.25) is 9.48 Å². The largest absolute Gasteiger partial charge is 0.365 e. The lowest BCUT2D eigenvalue weighted by atomic mass is 10.1. The lowest BCUT2D eigenvalue weighted by Gasteiger charge is -1.98. The van der Waals surface area contributed by atoms with Gasteiger partial charge in [-0.15, -0.1) is 0 Å². The minimum absolute atomic E-state index is 0.264. The van der Waals surface area contributed by atoms with Crippen LogP contribution in [0.1, 0.15) is 10.4 Å². The number of aryl methyl sites for hydroxylation is 1. The molecule has 0 aliphatic carbocycles. The van der Waals surface area contributed by atoms with E-state index in [0.29, 0.717) is 28.1 Å². The highest BCUT2D eigenvalue weighted by Gasteiger charge is 2.16. The van der Waals surface area contributed by atoms with Crippen LogP contribution in [0.5, 0.6) is 0 Å². The lowest BCUT2D eigenvalue weighted by molar-refractivity contribution is 0.100. The fourth-order valence-electron chi connectivity index (χ4n) is 2.61. The molecule has 1 aromatic carbocycles. The summed E-state index contributed by atoms with van der Waals surface area (Å²) in [6.07, 6.45) is 3.03. The third kappa shape index (κ3) is 1.95. The topological polar surface area (TPSA) is 102 Å². The van der Waals surface area contributed by atoms with Gasteiger partial charge in [0.05, 0.1) is 17.3 Å². The van der Waals surface area contributed by atoms with Crippen molar-refractivity contribution in [2.75, 3.05) is 0 Å². The Morgan fingerprint density at radius 3 is 3.00 bits per heavy atom. The molecule has 0 bridgehead atoms. The Kier molecular flexibility index (Phi) is 2.68. The summed E-state index contributed by atoms with van der Waals surface area (Å²) in [4.78, 5) is 23.0. The zero-order valence-electron chi connectivity index (χ0n) is 12.0. The van der Waals surface area contributed by atoms with Crippen molar-refractivity contribution >= 4 is 28.0 Å². The van der Waals surface area contributed by atoms with E-state index in [1.165, 1.54) is 18.3 Å². The Bertz CT molecular complexity index is 1080. The Morgan fingerprint density at radius 2 is 2.22 bits per heavy atom. The van der Waals surface area contributed by atoms with Crippen molar-refractivity contribution in [1.29, 1.82) is 0 Å². The van der Waals surface area contributed by atoms with Gasteiger partial charge in [0.1, 0.15) is 22.7 Å². The first kappa shape index (κ1) is 13.4. The summed E-state index contributed by atoms with van der Waals surface area (Å²) in [7, 11) is 1.72. The smallest absolute Gasteiger partial charge is 0.252 e. The Labute approximate surface area is 129 Å². The van der Waals surface area contributed by atoms with Gasteiger partial charge in [0.25, 0.3) is 5.91 Å². The minimum atomic E-state index is -0.587. The number of primary amides is 1. The summed E-state index contributed by atoms with van der Waals surface area (Å²) in [5.41, 5.74) is 8.14. The van der Waals surface area contributed by atoms with Crippen molar-refractivity contribution < 1.29 is 9.18 Å². The van der Waals surface area contributed by atoms with Crippen molar-refractivity contribution in [3.8, 4) is 11.4 Å². The summed E-state index contributed by atoms with van der Waals surface area (Å²) in [5.74, 6) is -0.925. The van der Waals surface area contributed by atoms with Crippen LogP contribution in [-0.2, 0) is 7.05 Å². The van der Waals surface area contributed by atoms with Gasteiger partial charge in [-0.25, -0.2) is 14.4 Å². The summed E-state index contributed by atoms with van der Waals surface area (Å²) in [5, 5.41) is 5.14. The monoisotopic (exact) mass is 310 g/mol. The molecular formula is C15H11FN6O. The van der Waals surface area contributed by atoms with Gasteiger partial charge in [-0.1, -0.05) is 0 Å². The van der Waals surface area contributed by atoms with Gasteiger partial charge in [0.2, 0.25) is 0 Å². The molecule has 0 atom stereocenters. The quantitative estimate of drug-likeness (QED) is 0.588. The second kappa shape index (κ2) is 4.60. The van der Waals surface area contributed by atoms with Crippen molar-refractivity contribution in [2.45, 2.75) is 0 Å². The third-order valence-corrected chi connectivity index (χ3v) is 3.70. The van der Waals surface area contributed by atoms with Crippen LogP contribution >= 0.6 is 0 Å². The molecule has 0 saturated heterocycles. The predicted octanol–water partition coefficient (Wildman–Crippen LogP) is 1.75. The van der Waals surface area contributed by atoms with E-state index in [4.69, 9.17) is 5.73 Å². The second-order valence-electron chi connectivity index (χ2n) is 5.15. The van der Waals surface area contributed by atoms with Crippen LogP contribution in [0.2, 0.25) is 0 Å². The van der Waals surface area contributed by atoms with E-state index in [0.717, 1.165) is 5.39 Å². The van der Waals surface area contributed by atoms with Crippen LogP contribution in [0, 0.1) is 5.82 Å². The zero-order chi connectivity index (χ0) is 16.1. The summed E-state index contributed by atoms with van der Waals surface area (Å²) >= 11 is 0. The molecule has 3 N–H and O–H groups in total. The second-order valence-corrected chi connectivity index (χ2v) is 5.15. The molecule has 4 aromatic rings. The molecule has 114 valence electrons. The maximum Gasteiger partial charge on any atom is 0.252 e. The van der Waals surface area contributed by atoms with E-state index >= 15 is 0 Å². The molecule has 0 saturated carbocycles. The fourth-order valence-corrected chi connectivity index (χ4v) is 2.61. The minimum Gasteiger partial charge on any atom is -0.365 e.